The van der Waals surface area contributed by atoms with Crippen LogP contribution in [0.25, 0.3) is 0 Å². The molecule has 0 saturated heterocycles. The van der Waals surface area contributed by atoms with Gasteiger partial charge in [-0.05, 0) is 0 Å². The smallest absolute Gasteiger partial charge is 0.367 e. The van der Waals surface area contributed by atoms with E-state index in [2.05, 4.69) is 4.74 Å². The van der Waals surface area contributed by atoms with Gasteiger partial charge in [-0.2, -0.15) is 8.78 Å². The summed E-state index contributed by atoms with van der Waals surface area (Å²) >= 11 is 0. The van der Waals surface area contributed by atoms with E-state index >= 15 is 0 Å². The number of esters is 1. The average molecular weight is 379 g/mol. The van der Waals surface area contributed by atoms with Crippen LogP contribution in [0.3, 0.4) is 0 Å². The van der Waals surface area contributed by atoms with Crippen molar-refractivity contribution >= 4 is 16.1 Å². The summed E-state index contributed by atoms with van der Waals surface area (Å²) in [5.74, 6) is -16.1. The van der Waals surface area contributed by atoms with E-state index in [1.807, 2.05) is 0 Å². The molecule has 0 aliphatic carbocycles. The molecule has 0 spiro atoms. The molecule has 24 heavy (non-hydrogen) atoms. The first-order valence-electron chi connectivity index (χ1n) is 5.73. The van der Waals surface area contributed by atoms with Gasteiger partial charge in [0.2, 0.25) is 34.8 Å². The van der Waals surface area contributed by atoms with Crippen LogP contribution in [0.15, 0.2) is 0 Å². The molecule has 0 radical (unpaired) electrons. The highest BCUT2D eigenvalue weighted by atomic mass is 32.2. The molecule has 1 rings (SSSR count). The van der Waals surface area contributed by atoms with Crippen LogP contribution in [-0.4, -0.2) is 49.9 Å². The van der Waals surface area contributed by atoms with E-state index in [1.165, 1.54) is 0 Å². The molecule has 0 aromatic heterocycles. The van der Waals surface area contributed by atoms with Crippen LogP contribution in [0.2, 0.25) is 0 Å². The highest BCUT2D eigenvalue weighted by molar-refractivity contribution is 7.85. The van der Waals surface area contributed by atoms with Crippen molar-refractivity contribution in [2.45, 2.75) is 7.43 Å². The first-order valence-corrected chi connectivity index (χ1v) is 7.30. The Kier molecular flexibility index (Phi) is 6.85. The summed E-state index contributed by atoms with van der Waals surface area (Å²) in [4.78, 5) is 11.5. The molecule has 0 atom stereocenters. The second-order valence-corrected chi connectivity index (χ2v) is 6.53. The van der Waals surface area contributed by atoms with Gasteiger partial charge in [-0.25, -0.2) is 26.4 Å². The van der Waals surface area contributed by atoms with Crippen molar-refractivity contribution in [3.63, 3.8) is 0 Å². The molecule has 0 saturated carbocycles. The van der Waals surface area contributed by atoms with E-state index in [0.29, 0.717) is 0 Å². The lowest BCUT2D eigenvalue weighted by Crippen LogP contribution is -2.48. The van der Waals surface area contributed by atoms with Crippen LogP contribution in [-0.2, 0) is 14.9 Å². The van der Waals surface area contributed by atoms with Crippen LogP contribution < -0.4 is 4.74 Å². The van der Waals surface area contributed by atoms with Crippen LogP contribution in [0, 0.1) is 29.1 Å². The Morgan fingerprint density at radius 2 is 1.38 bits per heavy atom. The maximum Gasteiger partial charge on any atom is 0.367 e. The Balaban J connectivity index is 0.00000529. The Hall–Kier alpha value is -1.79. The lowest BCUT2D eigenvalue weighted by molar-refractivity contribution is -0.871. The van der Waals surface area contributed by atoms with Crippen LogP contribution >= 0.6 is 0 Å². The second-order valence-electron chi connectivity index (χ2n) is 5.15. The van der Waals surface area contributed by atoms with E-state index in [4.69, 9.17) is 0 Å². The predicted molar refractivity (Wildman–Crippen MR) is 70.1 cm³/mol. The Bertz CT molecular complexity index is 722. The molecule has 0 aliphatic rings. The first-order chi connectivity index (χ1) is 10.2. The van der Waals surface area contributed by atoms with Crippen molar-refractivity contribution in [3.8, 4) is 5.75 Å². The fourth-order valence-corrected chi connectivity index (χ4v) is 2.59. The molecule has 0 bridgehead atoms. The van der Waals surface area contributed by atoms with Crippen LogP contribution in [0.5, 0.6) is 5.75 Å². The lowest BCUT2D eigenvalue weighted by atomic mass is 10.2. The highest BCUT2D eigenvalue weighted by Crippen LogP contribution is 2.29. The summed E-state index contributed by atoms with van der Waals surface area (Å²) in [7, 11) is -2.53. The minimum absolute atomic E-state index is 0. The molecule has 6 nitrogen and oxygen atoms in total. The highest BCUT2D eigenvalue weighted by Gasteiger charge is 2.31. The van der Waals surface area contributed by atoms with Gasteiger partial charge in [-0.1, -0.05) is 7.43 Å². The molecular weight excluding hydrogens is 365 g/mol. The number of hydrogen-bond acceptors (Lipinski definition) is 5. The normalized spacial score (nSPS) is 11.8. The predicted octanol–water partition coefficient (Wildman–Crippen LogP) is 1.50. The second kappa shape index (κ2) is 7.40. The monoisotopic (exact) mass is 379 g/mol. The van der Waals surface area contributed by atoms with Gasteiger partial charge in [0, 0.05) is 0 Å². The zero-order chi connectivity index (χ0) is 18.2. The number of carbonyl (C=O) groups is 1. The number of carbonyl (C=O) groups excluding carboxylic acids is 1. The van der Waals surface area contributed by atoms with E-state index in [9.17, 15) is 39.7 Å². The quantitative estimate of drug-likeness (QED) is 0.147. The minimum atomic E-state index is -4.74. The van der Waals surface area contributed by atoms with Crippen molar-refractivity contribution in [2.75, 3.05) is 26.5 Å². The molecule has 0 aliphatic heterocycles. The van der Waals surface area contributed by atoms with Crippen molar-refractivity contribution < 1.29 is 48.9 Å². The summed E-state index contributed by atoms with van der Waals surface area (Å²) in [6.45, 7) is -0.874. The van der Waals surface area contributed by atoms with Crippen LogP contribution in [0.1, 0.15) is 7.43 Å². The SMILES string of the molecule is C.C[N+](C)(CC(=O)Oc1c(F)c(F)c(F)c(F)c1F)CS(=O)(=O)[O-]. The third-order valence-corrected chi connectivity index (χ3v) is 3.47. The van der Waals surface area contributed by atoms with Gasteiger partial charge in [0.05, 0.1) is 14.1 Å². The standard InChI is InChI=1S/C11H10F5NO5S.CH4/c1-17(2,4-23(19,20)21)3-5(18)22-11-9(15)7(13)6(12)8(14)10(11)16;/h3-4H2,1-2H3;1H4. The van der Waals surface area contributed by atoms with E-state index in [1.54, 1.807) is 0 Å². The van der Waals surface area contributed by atoms with Gasteiger partial charge in [-0.3, -0.25) is 0 Å². The van der Waals surface area contributed by atoms with E-state index in [0.717, 1.165) is 14.1 Å². The molecule has 0 unspecified atom stereocenters. The number of nitrogens with zero attached hydrogens (tertiary/aromatic N) is 1. The third kappa shape index (κ3) is 5.39. The molecule has 1 aromatic rings. The van der Waals surface area contributed by atoms with E-state index in [-0.39, 0.29) is 7.43 Å². The van der Waals surface area contributed by atoms with Crippen molar-refractivity contribution in [3.05, 3.63) is 29.1 Å². The minimum Gasteiger partial charge on any atom is -0.744 e. The summed E-state index contributed by atoms with van der Waals surface area (Å²) in [6, 6.07) is 0. The fourth-order valence-electron chi connectivity index (χ4n) is 1.64. The lowest BCUT2D eigenvalue weighted by Gasteiger charge is -2.29. The number of rotatable bonds is 5. The zero-order valence-corrected chi connectivity index (χ0v) is 12.5. The van der Waals surface area contributed by atoms with E-state index < -0.39 is 67.8 Å². The van der Waals surface area contributed by atoms with Crippen molar-refractivity contribution in [1.29, 1.82) is 0 Å². The molecule has 0 fully saturated rings. The fraction of sp³-hybridized carbons (Fsp3) is 0.417. The topological polar surface area (TPSA) is 83.5 Å². The summed E-state index contributed by atoms with van der Waals surface area (Å²) in [5.41, 5.74) is 0. The maximum atomic E-state index is 13.3. The van der Waals surface area contributed by atoms with Crippen molar-refractivity contribution in [2.24, 2.45) is 0 Å². The zero-order valence-electron chi connectivity index (χ0n) is 11.7. The van der Waals surface area contributed by atoms with Gasteiger partial charge >= 0.3 is 5.97 Å². The molecule has 138 valence electrons. The van der Waals surface area contributed by atoms with Gasteiger partial charge in [-0.15, -0.1) is 0 Å². The first kappa shape index (κ1) is 22.2. The van der Waals surface area contributed by atoms with Gasteiger partial charge < -0.3 is 13.8 Å². The molecule has 0 heterocycles. The van der Waals surface area contributed by atoms with Gasteiger partial charge in [0.25, 0.3) is 0 Å². The Labute approximate surface area is 134 Å². The number of hydrogen-bond donors (Lipinski definition) is 0. The van der Waals surface area contributed by atoms with Gasteiger partial charge in [0.1, 0.15) is 10.1 Å². The molecule has 0 amide bonds. The molecular formula is C12H14F5NO5S. The molecule has 1 aromatic carbocycles. The molecule has 0 N–H and O–H groups in total. The largest absolute Gasteiger partial charge is 0.744 e. The number of likely N-dealkylation sites (N-methyl/N-ethyl adjacent to an activating group) is 1. The molecule has 12 heteroatoms. The number of quaternary nitrogens is 1. The summed E-state index contributed by atoms with van der Waals surface area (Å²) in [6.07, 6.45) is 0. The number of benzene rings is 1. The van der Waals surface area contributed by atoms with Crippen molar-refractivity contribution in [1.82, 2.24) is 0 Å². The Morgan fingerprint density at radius 3 is 1.75 bits per heavy atom. The summed E-state index contributed by atoms with van der Waals surface area (Å²) in [5, 5.41) is 0. The van der Waals surface area contributed by atoms with Gasteiger partial charge in [0.15, 0.2) is 12.4 Å². The number of ether oxygens (including phenoxy) is 1. The van der Waals surface area contributed by atoms with Crippen LogP contribution in [0.4, 0.5) is 22.0 Å². The average Bonchev–Trinajstić information content (AvgIpc) is 2.35. The third-order valence-electron chi connectivity index (χ3n) is 2.45. The summed E-state index contributed by atoms with van der Waals surface area (Å²) < 4.78 is 101. The maximum absolute atomic E-state index is 13.3. The Morgan fingerprint density at radius 1 is 1.00 bits per heavy atom. The number of halogens is 5.